The molecule has 26 heavy (non-hydrogen) atoms. The maximum atomic E-state index is 11.3. The number of ether oxygens (including phenoxy) is 2. The predicted octanol–water partition coefficient (Wildman–Crippen LogP) is 4.36. The summed E-state index contributed by atoms with van der Waals surface area (Å²) in [4.78, 5) is 22.4. The second kappa shape index (κ2) is 7.66. The van der Waals surface area contributed by atoms with Gasteiger partial charge in [0.25, 0.3) is 0 Å². The normalized spacial score (nSPS) is 10.5. The fraction of sp³-hybridized carbons (Fsp3) is 0.0909. The van der Waals surface area contributed by atoms with Crippen LogP contribution in [0.4, 0.5) is 0 Å². The van der Waals surface area contributed by atoms with Gasteiger partial charge >= 0.3 is 11.9 Å². The zero-order valence-electron chi connectivity index (χ0n) is 14.2. The Hall–Kier alpha value is -3.40. The molecule has 0 unspecified atom stereocenters. The molecule has 0 aliphatic carbocycles. The Kier molecular flexibility index (Phi) is 5.13. The van der Waals surface area contributed by atoms with Crippen molar-refractivity contribution in [2.24, 2.45) is 0 Å². The highest BCUT2D eigenvalue weighted by atomic mass is 16.5. The van der Waals surface area contributed by atoms with E-state index in [1.54, 1.807) is 6.07 Å². The maximum Gasteiger partial charge on any atom is 0.335 e. The van der Waals surface area contributed by atoms with Crippen molar-refractivity contribution in [3.8, 4) is 5.75 Å². The summed E-state index contributed by atoms with van der Waals surface area (Å²) in [5.41, 5.74) is 1.09. The third kappa shape index (κ3) is 3.81. The molecule has 0 atom stereocenters. The zero-order valence-corrected chi connectivity index (χ0v) is 14.2. The van der Waals surface area contributed by atoms with E-state index in [-0.39, 0.29) is 0 Å². The van der Waals surface area contributed by atoms with Gasteiger partial charge < -0.3 is 9.47 Å². The molecular weight excluding hydrogens is 328 g/mol. The van der Waals surface area contributed by atoms with Crippen molar-refractivity contribution in [3.05, 3.63) is 79.4 Å². The molecule has 130 valence electrons. The summed E-state index contributed by atoms with van der Waals surface area (Å²) in [6.07, 6.45) is 2.94. The van der Waals surface area contributed by atoms with Gasteiger partial charge in [0.1, 0.15) is 5.75 Å². The fourth-order valence-corrected chi connectivity index (χ4v) is 2.80. The smallest absolute Gasteiger partial charge is 0.335 e. The Morgan fingerprint density at radius 2 is 1.50 bits per heavy atom. The van der Waals surface area contributed by atoms with Gasteiger partial charge in [0.2, 0.25) is 0 Å². The molecule has 0 radical (unpaired) electrons. The lowest BCUT2D eigenvalue weighted by atomic mass is 9.99. The van der Waals surface area contributed by atoms with Crippen molar-refractivity contribution in [1.82, 2.24) is 0 Å². The lowest BCUT2D eigenvalue weighted by Crippen LogP contribution is -2.04. The Morgan fingerprint density at radius 3 is 2.19 bits per heavy atom. The van der Waals surface area contributed by atoms with Crippen molar-refractivity contribution < 1.29 is 19.1 Å². The van der Waals surface area contributed by atoms with E-state index in [1.165, 1.54) is 0 Å². The zero-order chi connectivity index (χ0) is 18.5. The monoisotopic (exact) mass is 346 g/mol. The highest BCUT2D eigenvalue weighted by Gasteiger charge is 2.06. The predicted molar refractivity (Wildman–Crippen MR) is 102 cm³/mol. The van der Waals surface area contributed by atoms with Crippen molar-refractivity contribution in [2.45, 2.75) is 6.42 Å². The van der Waals surface area contributed by atoms with Gasteiger partial charge in [-0.25, -0.2) is 9.59 Å². The molecule has 0 heterocycles. The van der Waals surface area contributed by atoms with E-state index in [2.05, 4.69) is 25.3 Å². The standard InChI is InChI=1S/C22H18O4/c1-3-21(23)25-12-11-15-5-9-19-16(13-15)6-7-17-14-18(8-10-20(17)19)26-22(24)4-2/h3-10,13-14H,1-2,11-12H2. The molecule has 0 aliphatic heterocycles. The lowest BCUT2D eigenvalue weighted by molar-refractivity contribution is -0.137. The number of hydrogen-bond donors (Lipinski definition) is 0. The van der Waals surface area contributed by atoms with Gasteiger partial charge in [0.15, 0.2) is 0 Å². The Labute approximate surface area is 151 Å². The van der Waals surface area contributed by atoms with E-state index >= 15 is 0 Å². The Bertz CT molecular complexity index is 1020. The average Bonchev–Trinajstić information content (AvgIpc) is 2.67. The molecule has 4 heteroatoms. The van der Waals surface area contributed by atoms with Gasteiger partial charge in [-0.2, -0.15) is 0 Å². The molecule has 3 aromatic rings. The number of hydrogen-bond acceptors (Lipinski definition) is 4. The molecule has 4 nitrogen and oxygen atoms in total. The van der Waals surface area contributed by atoms with E-state index in [0.29, 0.717) is 18.8 Å². The van der Waals surface area contributed by atoms with Gasteiger partial charge in [-0.15, -0.1) is 0 Å². The molecule has 0 aromatic heterocycles. The van der Waals surface area contributed by atoms with Gasteiger partial charge in [-0.1, -0.05) is 49.6 Å². The van der Waals surface area contributed by atoms with Crippen molar-refractivity contribution in [1.29, 1.82) is 0 Å². The van der Waals surface area contributed by atoms with Crippen molar-refractivity contribution >= 4 is 33.5 Å². The number of fused-ring (bicyclic) bond motifs is 3. The van der Waals surface area contributed by atoms with Crippen molar-refractivity contribution in [3.63, 3.8) is 0 Å². The van der Waals surface area contributed by atoms with E-state index in [9.17, 15) is 9.59 Å². The van der Waals surface area contributed by atoms with Crippen LogP contribution in [-0.4, -0.2) is 18.5 Å². The van der Waals surface area contributed by atoms with Crippen LogP contribution in [0.3, 0.4) is 0 Å². The minimum absolute atomic E-state index is 0.321. The number of benzene rings is 3. The molecule has 0 fully saturated rings. The molecule has 3 aromatic carbocycles. The van der Waals surface area contributed by atoms with Crippen LogP contribution in [-0.2, 0) is 20.7 Å². The first-order valence-electron chi connectivity index (χ1n) is 8.19. The first-order chi connectivity index (χ1) is 12.6. The summed E-state index contributed by atoms with van der Waals surface area (Å²) < 4.78 is 10.2. The number of carbonyl (C=O) groups is 2. The summed E-state index contributed by atoms with van der Waals surface area (Å²) in [5.74, 6) is -0.404. The van der Waals surface area contributed by atoms with E-state index in [1.807, 2.05) is 30.3 Å². The summed E-state index contributed by atoms with van der Waals surface area (Å²) in [7, 11) is 0. The highest BCUT2D eigenvalue weighted by Crippen LogP contribution is 2.29. The summed E-state index contributed by atoms with van der Waals surface area (Å²) >= 11 is 0. The summed E-state index contributed by atoms with van der Waals surface area (Å²) in [6.45, 7) is 7.09. The van der Waals surface area contributed by atoms with Crippen LogP contribution < -0.4 is 4.74 Å². The number of carbonyl (C=O) groups excluding carboxylic acids is 2. The largest absolute Gasteiger partial charge is 0.462 e. The Balaban J connectivity index is 1.87. The number of rotatable bonds is 6. The maximum absolute atomic E-state index is 11.3. The van der Waals surface area contributed by atoms with Gasteiger partial charge in [-0.05, 0) is 39.2 Å². The second-order valence-corrected chi connectivity index (χ2v) is 5.75. The van der Waals surface area contributed by atoms with Gasteiger partial charge in [-0.3, -0.25) is 0 Å². The number of esters is 2. The van der Waals surface area contributed by atoms with Crippen LogP contribution in [0.5, 0.6) is 5.75 Å². The third-order valence-electron chi connectivity index (χ3n) is 4.06. The SMILES string of the molecule is C=CC(=O)OCCc1ccc2c(ccc3cc(OC(=O)C=C)ccc32)c1. The van der Waals surface area contributed by atoms with Crippen molar-refractivity contribution in [2.75, 3.05) is 6.61 Å². The topological polar surface area (TPSA) is 52.6 Å². The molecule has 0 N–H and O–H groups in total. The molecule has 0 saturated heterocycles. The molecule has 0 amide bonds. The summed E-state index contributed by atoms with van der Waals surface area (Å²) in [6, 6.07) is 15.7. The Morgan fingerprint density at radius 1 is 0.846 bits per heavy atom. The van der Waals surface area contributed by atoms with Crippen LogP contribution in [0.15, 0.2) is 73.8 Å². The first-order valence-corrected chi connectivity index (χ1v) is 8.19. The average molecular weight is 346 g/mol. The van der Waals surface area contributed by atoms with Crippen LogP contribution in [0.1, 0.15) is 5.56 Å². The van der Waals surface area contributed by atoms with Gasteiger partial charge in [0, 0.05) is 18.6 Å². The molecule has 0 aliphatic rings. The first kappa shape index (κ1) is 17.4. The third-order valence-corrected chi connectivity index (χ3v) is 4.06. The second-order valence-electron chi connectivity index (χ2n) is 5.75. The molecule has 0 spiro atoms. The fourth-order valence-electron chi connectivity index (χ4n) is 2.80. The molecular formula is C22H18O4. The van der Waals surface area contributed by atoms with Crippen LogP contribution in [0.25, 0.3) is 21.5 Å². The molecule has 0 bridgehead atoms. The minimum atomic E-state index is -0.480. The highest BCUT2D eigenvalue weighted by molar-refractivity contribution is 6.08. The van der Waals surface area contributed by atoms with Crippen LogP contribution in [0, 0.1) is 0 Å². The van der Waals surface area contributed by atoms with Crippen LogP contribution >= 0.6 is 0 Å². The molecule has 3 rings (SSSR count). The summed E-state index contributed by atoms with van der Waals surface area (Å²) in [5, 5.41) is 4.27. The molecule has 0 saturated carbocycles. The minimum Gasteiger partial charge on any atom is -0.462 e. The van der Waals surface area contributed by atoms with Crippen LogP contribution in [0.2, 0.25) is 0 Å². The van der Waals surface area contributed by atoms with E-state index in [0.717, 1.165) is 39.3 Å². The van der Waals surface area contributed by atoms with E-state index < -0.39 is 11.9 Å². The quantitative estimate of drug-likeness (QED) is 0.288. The van der Waals surface area contributed by atoms with E-state index in [4.69, 9.17) is 9.47 Å². The lowest BCUT2D eigenvalue weighted by Gasteiger charge is -2.09. The van der Waals surface area contributed by atoms with Gasteiger partial charge in [0.05, 0.1) is 6.61 Å².